The second kappa shape index (κ2) is 6.00. The van der Waals surface area contributed by atoms with Crippen LogP contribution in [0.5, 0.6) is 0 Å². The molecule has 1 rings (SSSR count). The first-order valence-electron chi connectivity index (χ1n) is 5.49. The van der Waals surface area contributed by atoms with E-state index < -0.39 is 0 Å². The fourth-order valence-corrected chi connectivity index (χ4v) is 1.58. The van der Waals surface area contributed by atoms with E-state index in [9.17, 15) is 4.79 Å². The van der Waals surface area contributed by atoms with Gasteiger partial charge in [0.15, 0.2) is 0 Å². The van der Waals surface area contributed by atoms with Gasteiger partial charge in [-0.05, 0) is 18.6 Å². The van der Waals surface area contributed by atoms with Gasteiger partial charge in [0, 0.05) is 13.6 Å². The van der Waals surface area contributed by atoms with E-state index >= 15 is 0 Å². The number of rotatable bonds is 5. The van der Waals surface area contributed by atoms with Crippen LogP contribution in [-0.2, 0) is 4.79 Å². The van der Waals surface area contributed by atoms with Gasteiger partial charge < -0.3 is 16.0 Å². The van der Waals surface area contributed by atoms with Crippen molar-refractivity contribution >= 4 is 17.3 Å². The second-order valence-electron chi connectivity index (χ2n) is 3.65. The zero-order chi connectivity index (χ0) is 12.0. The first kappa shape index (κ1) is 12.4. The van der Waals surface area contributed by atoms with E-state index in [1.165, 1.54) is 0 Å². The third-order valence-corrected chi connectivity index (χ3v) is 2.38. The summed E-state index contributed by atoms with van der Waals surface area (Å²) in [5.41, 5.74) is 7.53. The molecule has 4 heteroatoms. The lowest BCUT2D eigenvalue weighted by Crippen LogP contribution is -2.36. The van der Waals surface area contributed by atoms with Gasteiger partial charge in [-0.25, -0.2) is 0 Å². The first-order chi connectivity index (χ1) is 7.69. The topological polar surface area (TPSA) is 58.4 Å². The normalized spacial score (nSPS) is 9.88. The summed E-state index contributed by atoms with van der Waals surface area (Å²) in [5, 5.41) is 2.62. The Morgan fingerprint density at radius 3 is 2.69 bits per heavy atom. The van der Waals surface area contributed by atoms with E-state index in [0.717, 1.165) is 18.7 Å². The Morgan fingerprint density at radius 2 is 2.12 bits per heavy atom. The summed E-state index contributed by atoms with van der Waals surface area (Å²) >= 11 is 0. The summed E-state index contributed by atoms with van der Waals surface area (Å²) in [6, 6.07) is 7.61. The molecule has 0 aliphatic heterocycles. The highest BCUT2D eigenvalue weighted by Gasteiger charge is 2.11. The molecule has 0 radical (unpaired) electrons. The molecule has 0 heterocycles. The summed E-state index contributed by atoms with van der Waals surface area (Å²) in [6.07, 6.45) is 0.978. The van der Waals surface area contributed by atoms with Crippen molar-refractivity contribution in [2.24, 2.45) is 0 Å². The number of hydrogen-bond acceptors (Lipinski definition) is 3. The Labute approximate surface area is 96.4 Å². The number of likely N-dealkylation sites (N-methyl/N-ethyl adjacent to an activating group) is 1. The first-order valence-corrected chi connectivity index (χ1v) is 5.49. The van der Waals surface area contributed by atoms with Crippen LogP contribution in [0.25, 0.3) is 0 Å². The number of benzene rings is 1. The Hall–Kier alpha value is -1.71. The molecule has 0 fully saturated rings. The minimum absolute atomic E-state index is 0.00305. The number of anilines is 2. The molecule has 3 N–H and O–H groups in total. The molecule has 0 saturated carbocycles. The fraction of sp³-hybridized carbons (Fsp3) is 0.417. The van der Waals surface area contributed by atoms with Crippen LogP contribution < -0.4 is 16.0 Å². The third kappa shape index (κ3) is 3.15. The number of nitrogens with zero attached hydrogens (tertiary/aromatic N) is 1. The van der Waals surface area contributed by atoms with Gasteiger partial charge in [0.25, 0.3) is 0 Å². The van der Waals surface area contributed by atoms with Gasteiger partial charge in [-0.3, -0.25) is 4.79 Å². The number of amides is 1. The van der Waals surface area contributed by atoms with E-state index in [-0.39, 0.29) is 5.91 Å². The smallest absolute Gasteiger partial charge is 0.239 e. The van der Waals surface area contributed by atoms with Gasteiger partial charge in [-0.2, -0.15) is 0 Å². The predicted molar refractivity (Wildman–Crippen MR) is 67.4 cm³/mol. The summed E-state index contributed by atoms with van der Waals surface area (Å²) in [7, 11) is 1.64. The monoisotopic (exact) mass is 221 g/mol. The van der Waals surface area contributed by atoms with Crippen molar-refractivity contribution in [3.63, 3.8) is 0 Å². The van der Waals surface area contributed by atoms with Crippen LogP contribution in [0.1, 0.15) is 13.3 Å². The highest BCUT2D eigenvalue weighted by Crippen LogP contribution is 2.22. The van der Waals surface area contributed by atoms with Gasteiger partial charge in [0.2, 0.25) is 5.91 Å². The maximum Gasteiger partial charge on any atom is 0.239 e. The molecule has 0 aliphatic rings. The lowest BCUT2D eigenvalue weighted by atomic mass is 10.2. The molecule has 1 aromatic carbocycles. The Balaban J connectivity index is 2.85. The van der Waals surface area contributed by atoms with Gasteiger partial charge in [0.1, 0.15) is 0 Å². The average molecular weight is 221 g/mol. The fourth-order valence-electron chi connectivity index (χ4n) is 1.58. The van der Waals surface area contributed by atoms with Gasteiger partial charge in [-0.15, -0.1) is 0 Å². The minimum Gasteiger partial charge on any atom is -0.397 e. The summed E-state index contributed by atoms with van der Waals surface area (Å²) in [4.78, 5) is 13.4. The van der Waals surface area contributed by atoms with Crippen LogP contribution >= 0.6 is 0 Å². The third-order valence-electron chi connectivity index (χ3n) is 2.38. The van der Waals surface area contributed by atoms with Crippen molar-refractivity contribution in [3.05, 3.63) is 24.3 Å². The number of nitrogens with two attached hydrogens (primary N) is 1. The van der Waals surface area contributed by atoms with Crippen LogP contribution in [0, 0.1) is 0 Å². The van der Waals surface area contributed by atoms with Gasteiger partial charge >= 0.3 is 0 Å². The zero-order valence-corrected chi connectivity index (χ0v) is 9.86. The molecule has 0 saturated heterocycles. The number of para-hydroxylation sites is 2. The molecule has 0 aliphatic carbocycles. The molecule has 1 amide bonds. The summed E-state index contributed by atoms with van der Waals surface area (Å²) in [6.45, 7) is 3.25. The van der Waals surface area contributed by atoms with Gasteiger partial charge in [0.05, 0.1) is 17.9 Å². The van der Waals surface area contributed by atoms with Crippen LogP contribution in [0.4, 0.5) is 11.4 Å². The van der Waals surface area contributed by atoms with Gasteiger partial charge in [-0.1, -0.05) is 19.1 Å². The zero-order valence-electron chi connectivity index (χ0n) is 9.86. The molecule has 0 bridgehead atoms. The molecule has 1 aromatic rings. The van der Waals surface area contributed by atoms with Crippen molar-refractivity contribution in [3.8, 4) is 0 Å². The molecule has 0 spiro atoms. The average Bonchev–Trinajstić information content (AvgIpc) is 2.29. The van der Waals surface area contributed by atoms with Crippen LogP contribution in [0.2, 0.25) is 0 Å². The molecular weight excluding hydrogens is 202 g/mol. The van der Waals surface area contributed by atoms with E-state index in [0.29, 0.717) is 12.2 Å². The summed E-state index contributed by atoms with van der Waals surface area (Å²) < 4.78 is 0. The quantitative estimate of drug-likeness (QED) is 0.735. The van der Waals surface area contributed by atoms with Crippen molar-refractivity contribution < 1.29 is 4.79 Å². The Kier molecular flexibility index (Phi) is 4.64. The van der Waals surface area contributed by atoms with Crippen molar-refractivity contribution in [2.75, 3.05) is 30.8 Å². The van der Waals surface area contributed by atoms with Crippen molar-refractivity contribution in [1.29, 1.82) is 0 Å². The Morgan fingerprint density at radius 1 is 1.44 bits per heavy atom. The second-order valence-corrected chi connectivity index (χ2v) is 3.65. The molecule has 0 unspecified atom stereocenters. The van der Waals surface area contributed by atoms with Crippen LogP contribution in [-0.4, -0.2) is 26.0 Å². The lowest BCUT2D eigenvalue weighted by Gasteiger charge is -2.24. The van der Waals surface area contributed by atoms with Crippen LogP contribution in [0.3, 0.4) is 0 Å². The predicted octanol–water partition coefficient (Wildman–Crippen LogP) is 1.23. The number of carbonyl (C=O) groups is 1. The molecule has 0 atom stereocenters. The van der Waals surface area contributed by atoms with E-state index in [1.54, 1.807) is 7.05 Å². The maximum atomic E-state index is 11.4. The number of hydrogen-bond donors (Lipinski definition) is 2. The van der Waals surface area contributed by atoms with Crippen molar-refractivity contribution in [1.82, 2.24) is 5.32 Å². The largest absolute Gasteiger partial charge is 0.397 e. The standard InChI is InChI=1S/C12H19N3O/c1-3-8-15(9-12(16)14-2)11-7-5-4-6-10(11)13/h4-7H,3,8-9,13H2,1-2H3,(H,14,16). The summed E-state index contributed by atoms with van der Waals surface area (Å²) in [5.74, 6) is -0.00305. The van der Waals surface area contributed by atoms with E-state index in [1.807, 2.05) is 29.2 Å². The lowest BCUT2D eigenvalue weighted by molar-refractivity contribution is -0.119. The van der Waals surface area contributed by atoms with E-state index in [2.05, 4.69) is 12.2 Å². The molecular formula is C12H19N3O. The van der Waals surface area contributed by atoms with E-state index in [4.69, 9.17) is 5.73 Å². The number of carbonyl (C=O) groups excluding carboxylic acids is 1. The van der Waals surface area contributed by atoms with Crippen molar-refractivity contribution in [2.45, 2.75) is 13.3 Å². The molecule has 88 valence electrons. The molecule has 16 heavy (non-hydrogen) atoms. The molecule has 4 nitrogen and oxygen atoms in total. The molecule has 0 aromatic heterocycles. The Bertz CT molecular complexity index is 352. The van der Waals surface area contributed by atoms with Crippen LogP contribution in [0.15, 0.2) is 24.3 Å². The number of nitrogens with one attached hydrogen (secondary N) is 1. The highest BCUT2D eigenvalue weighted by molar-refractivity contribution is 5.82. The maximum absolute atomic E-state index is 11.4. The number of nitrogen functional groups attached to an aromatic ring is 1. The minimum atomic E-state index is -0.00305. The highest BCUT2D eigenvalue weighted by atomic mass is 16.1. The SMILES string of the molecule is CCCN(CC(=O)NC)c1ccccc1N.